The summed E-state index contributed by atoms with van der Waals surface area (Å²) < 4.78 is 14.5. The van der Waals surface area contributed by atoms with Crippen LogP contribution in [0.3, 0.4) is 0 Å². The predicted octanol–water partition coefficient (Wildman–Crippen LogP) is -1.21. The minimum Gasteiger partial charge on any atom is -0.394 e. The lowest BCUT2D eigenvalue weighted by Crippen LogP contribution is -2.09. The molecule has 1 fully saturated rings. The summed E-state index contributed by atoms with van der Waals surface area (Å²) in [5.74, 6) is 0. The Morgan fingerprint density at radius 1 is 1.06 bits per heavy atom. The molecule has 108 valence electrons. The van der Waals surface area contributed by atoms with E-state index in [1.54, 1.807) is 0 Å². The van der Waals surface area contributed by atoms with E-state index in [0.717, 1.165) is 6.61 Å². The highest BCUT2D eigenvalue weighted by Gasteiger charge is 2.13. The molecule has 1 heterocycles. The Kier molecular flexibility index (Phi) is 20.0. The molecule has 0 amide bonds. The molecule has 0 aromatic rings. The third-order valence-corrected chi connectivity index (χ3v) is 1.40. The van der Waals surface area contributed by atoms with Gasteiger partial charge in [-0.15, -0.1) is 0 Å². The highest BCUT2D eigenvalue weighted by Crippen LogP contribution is 2.04. The fourth-order valence-corrected chi connectivity index (χ4v) is 0.547. The second-order valence-electron chi connectivity index (χ2n) is 3.09. The molecule has 1 rings (SSSR count). The SMILES string of the molecule is CC1CO1.O=CC=O.OCCOCCOCCO. The van der Waals surface area contributed by atoms with Crippen molar-refractivity contribution in [1.29, 1.82) is 0 Å². The van der Waals surface area contributed by atoms with Crippen LogP contribution in [0.25, 0.3) is 0 Å². The van der Waals surface area contributed by atoms with Crippen molar-refractivity contribution >= 4 is 12.6 Å². The van der Waals surface area contributed by atoms with E-state index in [9.17, 15) is 0 Å². The maximum Gasteiger partial charge on any atom is 0.182 e. The molecular weight excluding hydrogens is 244 g/mol. The van der Waals surface area contributed by atoms with E-state index >= 15 is 0 Å². The zero-order valence-corrected chi connectivity index (χ0v) is 10.6. The summed E-state index contributed by atoms with van der Waals surface area (Å²) in [6.07, 6.45) is 0.972. The van der Waals surface area contributed by atoms with Crippen molar-refractivity contribution in [3.05, 3.63) is 0 Å². The number of aldehydes is 2. The first-order chi connectivity index (χ1) is 8.72. The van der Waals surface area contributed by atoms with Crippen LogP contribution in [0, 0.1) is 0 Å². The molecule has 1 aliphatic rings. The Labute approximate surface area is 107 Å². The van der Waals surface area contributed by atoms with Crippen molar-refractivity contribution in [1.82, 2.24) is 0 Å². The summed E-state index contributed by atoms with van der Waals surface area (Å²) in [6, 6.07) is 0. The van der Waals surface area contributed by atoms with Gasteiger partial charge >= 0.3 is 0 Å². The number of epoxide rings is 1. The van der Waals surface area contributed by atoms with Gasteiger partial charge < -0.3 is 24.4 Å². The van der Waals surface area contributed by atoms with E-state index in [2.05, 4.69) is 6.92 Å². The summed E-state index contributed by atoms with van der Waals surface area (Å²) >= 11 is 0. The van der Waals surface area contributed by atoms with Crippen LogP contribution in [0.2, 0.25) is 0 Å². The van der Waals surface area contributed by atoms with Crippen molar-refractivity contribution in [3.8, 4) is 0 Å². The Morgan fingerprint density at radius 3 is 1.56 bits per heavy atom. The lowest BCUT2D eigenvalue weighted by Gasteiger charge is -2.01. The molecule has 0 aromatic carbocycles. The van der Waals surface area contributed by atoms with Gasteiger partial charge in [-0.05, 0) is 6.92 Å². The Hall–Kier alpha value is -0.860. The average Bonchev–Trinajstić information content (AvgIpc) is 3.17. The second-order valence-corrected chi connectivity index (χ2v) is 3.09. The van der Waals surface area contributed by atoms with E-state index in [-0.39, 0.29) is 25.8 Å². The minimum atomic E-state index is 0.0417. The average molecular weight is 266 g/mol. The van der Waals surface area contributed by atoms with Crippen LogP contribution >= 0.6 is 0 Å². The van der Waals surface area contributed by atoms with Gasteiger partial charge in [-0.3, -0.25) is 9.59 Å². The van der Waals surface area contributed by atoms with Gasteiger partial charge in [0.05, 0.1) is 52.4 Å². The van der Waals surface area contributed by atoms with Gasteiger partial charge in [-0.25, -0.2) is 0 Å². The molecule has 7 heteroatoms. The summed E-state index contributed by atoms with van der Waals surface area (Å²) in [5, 5.41) is 16.5. The Morgan fingerprint density at radius 2 is 1.39 bits per heavy atom. The largest absolute Gasteiger partial charge is 0.394 e. The molecule has 7 nitrogen and oxygen atoms in total. The summed E-state index contributed by atoms with van der Waals surface area (Å²) in [7, 11) is 0. The normalized spacial score (nSPS) is 15.6. The maximum atomic E-state index is 8.81. The van der Waals surface area contributed by atoms with Gasteiger partial charge in [0.2, 0.25) is 0 Å². The van der Waals surface area contributed by atoms with E-state index in [1.165, 1.54) is 0 Å². The van der Waals surface area contributed by atoms with E-state index in [1.807, 2.05) is 0 Å². The predicted molar refractivity (Wildman–Crippen MR) is 63.4 cm³/mol. The van der Waals surface area contributed by atoms with Crippen molar-refractivity contribution in [2.45, 2.75) is 13.0 Å². The monoisotopic (exact) mass is 266 g/mol. The molecule has 0 saturated carbocycles. The van der Waals surface area contributed by atoms with Crippen molar-refractivity contribution in [2.24, 2.45) is 0 Å². The van der Waals surface area contributed by atoms with Crippen LogP contribution in [0.4, 0.5) is 0 Å². The molecule has 2 N–H and O–H groups in total. The van der Waals surface area contributed by atoms with Gasteiger partial charge in [0, 0.05) is 0 Å². The van der Waals surface area contributed by atoms with Gasteiger partial charge in [0.25, 0.3) is 0 Å². The summed E-state index contributed by atoms with van der Waals surface area (Å²) in [4.78, 5) is 17.6. The lowest BCUT2D eigenvalue weighted by atomic mass is 10.6. The first-order valence-corrected chi connectivity index (χ1v) is 5.60. The quantitative estimate of drug-likeness (QED) is 0.246. The third-order valence-electron chi connectivity index (χ3n) is 1.40. The van der Waals surface area contributed by atoms with Crippen molar-refractivity contribution < 1.29 is 34.0 Å². The topological polar surface area (TPSA) is 106 Å². The molecule has 0 aliphatic carbocycles. The van der Waals surface area contributed by atoms with Crippen LogP contribution in [0.15, 0.2) is 0 Å². The van der Waals surface area contributed by atoms with Crippen LogP contribution in [0.1, 0.15) is 6.92 Å². The van der Waals surface area contributed by atoms with Gasteiger partial charge in [0.1, 0.15) is 0 Å². The number of carbonyl (C=O) groups excluding carboxylic acids is 2. The van der Waals surface area contributed by atoms with Crippen molar-refractivity contribution in [3.63, 3.8) is 0 Å². The van der Waals surface area contributed by atoms with Crippen LogP contribution in [-0.4, -0.2) is 75.1 Å². The third kappa shape index (κ3) is 29.4. The molecule has 1 aliphatic heterocycles. The van der Waals surface area contributed by atoms with E-state index in [0.29, 0.717) is 32.5 Å². The Balaban J connectivity index is 0. The number of rotatable bonds is 8. The fourth-order valence-electron chi connectivity index (χ4n) is 0.547. The molecule has 1 atom stereocenters. The second kappa shape index (κ2) is 18.5. The molecule has 0 radical (unpaired) electrons. The maximum absolute atomic E-state index is 8.81. The van der Waals surface area contributed by atoms with Crippen LogP contribution in [-0.2, 0) is 23.8 Å². The van der Waals surface area contributed by atoms with E-state index in [4.69, 9.17) is 34.0 Å². The molecule has 18 heavy (non-hydrogen) atoms. The highest BCUT2D eigenvalue weighted by atomic mass is 16.6. The minimum absolute atomic E-state index is 0.0417. The number of ether oxygens (including phenoxy) is 3. The highest BCUT2D eigenvalue weighted by molar-refractivity contribution is 6.09. The zero-order valence-electron chi connectivity index (χ0n) is 10.6. The fraction of sp³-hybridized carbons (Fsp3) is 0.818. The number of aliphatic hydroxyl groups excluding tert-OH is 2. The first kappa shape index (κ1) is 19.5. The number of carbonyl (C=O) groups is 2. The van der Waals surface area contributed by atoms with Gasteiger partial charge in [0.15, 0.2) is 12.6 Å². The summed E-state index contributed by atoms with van der Waals surface area (Å²) in [6.45, 7) is 4.77. The molecule has 1 unspecified atom stereocenters. The molecule has 1 saturated heterocycles. The number of aliphatic hydroxyl groups is 2. The standard InChI is InChI=1S/C6H14O4.C3H6O.C2H2O2/c7-1-3-9-5-6-10-4-2-8;1-3-2-4-3;3-1-2-4/h7-8H,1-6H2;3H,2H2,1H3;1-2H. The lowest BCUT2D eigenvalue weighted by molar-refractivity contribution is -0.122. The first-order valence-electron chi connectivity index (χ1n) is 5.60. The molecule has 0 aromatic heterocycles. The van der Waals surface area contributed by atoms with Crippen molar-refractivity contribution in [2.75, 3.05) is 46.2 Å². The van der Waals surface area contributed by atoms with Crippen LogP contribution < -0.4 is 0 Å². The molecular formula is C11H22O7. The zero-order chi connectivity index (χ0) is 14.1. The molecule has 0 spiro atoms. The summed E-state index contributed by atoms with van der Waals surface area (Å²) in [5.41, 5.74) is 0. The van der Waals surface area contributed by atoms with Crippen LogP contribution in [0.5, 0.6) is 0 Å². The van der Waals surface area contributed by atoms with E-state index < -0.39 is 0 Å². The van der Waals surface area contributed by atoms with Gasteiger partial charge in [-0.1, -0.05) is 0 Å². The van der Waals surface area contributed by atoms with Gasteiger partial charge in [-0.2, -0.15) is 0 Å². The Bertz CT molecular complexity index is 157. The smallest absolute Gasteiger partial charge is 0.182 e. The molecule has 0 bridgehead atoms. The number of hydrogen-bond donors (Lipinski definition) is 2. The number of hydrogen-bond acceptors (Lipinski definition) is 7.